The first-order valence-corrected chi connectivity index (χ1v) is 11.6. The highest BCUT2D eigenvalue weighted by Crippen LogP contribution is 2.22. The molecule has 0 aromatic carbocycles. The summed E-state index contributed by atoms with van der Waals surface area (Å²) >= 11 is 0. The minimum absolute atomic E-state index is 0.140. The van der Waals surface area contributed by atoms with Crippen molar-refractivity contribution in [2.75, 3.05) is 39.3 Å². The fourth-order valence-corrected chi connectivity index (χ4v) is 5.24. The maximum Gasteiger partial charge on any atom is 0.270 e. The third-order valence-corrected chi connectivity index (χ3v) is 7.03. The molecule has 3 saturated heterocycles. The molecule has 4 heterocycles. The van der Waals surface area contributed by atoms with Gasteiger partial charge in [-0.1, -0.05) is 6.42 Å². The molecule has 160 valence electrons. The van der Waals surface area contributed by atoms with E-state index in [1.807, 2.05) is 33.7 Å². The molecule has 6 heteroatoms. The van der Waals surface area contributed by atoms with Gasteiger partial charge in [0.05, 0.1) is 0 Å². The van der Waals surface area contributed by atoms with Crippen LogP contribution in [0, 0.1) is 0 Å². The second kappa shape index (κ2) is 9.33. The number of hydrogen-bond donors (Lipinski definition) is 0. The molecule has 0 atom stereocenters. The number of rotatable bonds is 5. The van der Waals surface area contributed by atoms with Crippen LogP contribution in [0.1, 0.15) is 67.4 Å². The van der Waals surface area contributed by atoms with Crippen molar-refractivity contribution >= 4 is 11.8 Å². The predicted molar refractivity (Wildman–Crippen MR) is 114 cm³/mol. The second-order valence-corrected chi connectivity index (χ2v) is 9.05. The quantitative estimate of drug-likeness (QED) is 0.764. The number of nitrogens with zero attached hydrogens (tertiary/aromatic N) is 4. The Labute approximate surface area is 174 Å². The normalized spacial score (nSPS) is 21.7. The Morgan fingerprint density at radius 2 is 1.55 bits per heavy atom. The standard InChI is InChI=1S/C23H36N4O2/c1-24-18-19(7-8-22(28)26-13-5-6-14-26)17-21(24)23(29)27-15-9-20(10-16-27)25-11-3-2-4-12-25/h17-18,20H,2-16H2,1H3. The molecule has 2 amide bonds. The van der Waals surface area contributed by atoms with Crippen LogP contribution in [-0.4, -0.2) is 76.4 Å². The van der Waals surface area contributed by atoms with E-state index in [9.17, 15) is 9.59 Å². The highest BCUT2D eigenvalue weighted by Gasteiger charge is 2.29. The molecule has 3 fully saturated rings. The molecule has 0 radical (unpaired) electrons. The maximum absolute atomic E-state index is 13.1. The highest BCUT2D eigenvalue weighted by atomic mass is 16.2. The zero-order valence-electron chi connectivity index (χ0n) is 17.9. The third kappa shape index (κ3) is 4.85. The minimum Gasteiger partial charge on any atom is -0.346 e. The van der Waals surface area contributed by atoms with Crippen molar-refractivity contribution in [3.05, 3.63) is 23.5 Å². The molecule has 0 N–H and O–H groups in total. The van der Waals surface area contributed by atoms with Crippen LogP contribution in [0.2, 0.25) is 0 Å². The molecule has 3 aliphatic rings. The fraction of sp³-hybridized carbons (Fsp3) is 0.739. The first kappa shape index (κ1) is 20.5. The summed E-state index contributed by atoms with van der Waals surface area (Å²) < 4.78 is 1.94. The van der Waals surface area contributed by atoms with Crippen molar-refractivity contribution in [1.29, 1.82) is 0 Å². The van der Waals surface area contributed by atoms with Gasteiger partial charge in [-0.2, -0.15) is 0 Å². The molecule has 0 aliphatic carbocycles. The zero-order chi connectivity index (χ0) is 20.2. The fourth-order valence-electron chi connectivity index (χ4n) is 5.24. The van der Waals surface area contributed by atoms with Crippen molar-refractivity contribution in [3.63, 3.8) is 0 Å². The van der Waals surface area contributed by atoms with Crippen LogP contribution < -0.4 is 0 Å². The van der Waals surface area contributed by atoms with Gasteiger partial charge >= 0.3 is 0 Å². The van der Waals surface area contributed by atoms with Gasteiger partial charge in [-0.3, -0.25) is 9.59 Å². The average Bonchev–Trinajstić information content (AvgIpc) is 3.42. The lowest BCUT2D eigenvalue weighted by molar-refractivity contribution is -0.130. The molecule has 0 saturated carbocycles. The molecule has 1 aromatic rings. The summed E-state index contributed by atoms with van der Waals surface area (Å²) in [6.07, 6.45) is 11.7. The van der Waals surface area contributed by atoms with Gasteiger partial charge in [0.15, 0.2) is 0 Å². The Bertz CT molecular complexity index is 708. The van der Waals surface area contributed by atoms with Gasteiger partial charge in [0.2, 0.25) is 5.91 Å². The summed E-state index contributed by atoms with van der Waals surface area (Å²) in [5.41, 5.74) is 1.84. The van der Waals surface area contributed by atoms with Gasteiger partial charge in [0, 0.05) is 51.9 Å². The van der Waals surface area contributed by atoms with E-state index in [4.69, 9.17) is 0 Å². The predicted octanol–water partition coefficient (Wildman–Crippen LogP) is 2.67. The van der Waals surface area contributed by atoms with Crippen molar-refractivity contribution in [2.45, 2.75) is 63.8 Å². The Hall–Kier alpha value is -1.82. The molecular weight excluding hydrogens is 364 g/mol. The van der Waals surface area contributed by atoms with Crippen LogP contribution in [0.3, 0.4) is 0 Å². The summed E-state index contributed by atoms with van der Waals surface area (Å²) in [7, 11) is 1.94. The Balaban J connectivity index is 1.29. The summed E-state index contributed by atoms with van der Waals surface area (Å²) in [4.78, 5) is 32.0. The van der Waals surface area contributed by atoms with Crippen LogP contribution in [0.5, 0.6) is 0 Å². The SMILES string of the molecule is Cn1cc(CCC(=O)N2CCCC2)cc1C(=O)N1CCC(N2CCCCC2)CC1. The number of hydrogen-bond acceptors (Lipinski definition) is 3. The number of amides is 2. The van der Waals surface area contributed by atoms with Crippen molar-refractivity contribution in [3.8, 4) is 0 Å². The van der Waals surface area contributed by atoms with Crippen LogP contribution in [0.25, 0.3) is 0 Å². The smallest absolute Gasteiger partial charge is 0.270 e. The summed E-state index contributed by atoms with van der Waals surface area (Å²) in [6, 6.07) is 2.65. The van der Waals surface area contributed by atoms with E-state index in [0.29, 0.717) is 18.9 Å². The first-order valence-electron chi connectivity index (χ1n) is 11.6. The topological polar surface area (TPSA) is 48.8 Å². The van der Waals surface area contributed by atoms with E-state index < -0.39 is 0 Å². The van der Waals surface area contributed by atoms with Crippen LogP contribution >= 0.6 is 0 Å². The van der Waals surface area contributed by atoms with Crippen LogP contribution in [-0.2, 0) is 18.3 Å². The van der Waals surface area contributed by atoms with Crippen molar-refractivity contribution < 1.29 is 9.59 Å². The van der Waals surface area contributed by atoms with Gasteiger partial charge in [-0.15, -0.1) is 0 Å². The average molecular weight is 401 g/mol. The van der Waals surface area contributed by atoms with E-state index in [2.05, 4.69) is 4.90 Å². The number of likely N-dealkylation sites (tertiary alicyclic amines) is 3. The number of carbonyl (C=O) groups is 2. The molecule has 6 nitrogen and oxygen atoms in total. The Kier molecular flexibility index (Phi) is 6.58. The van der Waals surface area contributed by atoms with E-state index in [1.54, 1.807) is 0 Å². The first-order chi connectivity index (χ1) is 14.1. The monoisotopic (exact) mass is 400 g/mol. The van der Waals surface area contributed by atoms with Gasteiger partial charge in [-0.25, -0.2) is 0 Å². The van der Waals surface area contributed by atoms with Crippen molar-refractivity contribution in [2.24, 2.45) is 7.05 Å². The maximum atomic E-state index is 13.1. The Morgan fingerprint density at radius 3 is 2.24 bits per heavy atom. The van der Waals surface area contributed by atoms with Gasteiger partial charge in [0.1, 0.15) is 5.69 Å². The number of aryl methyl sites for hydroxylation is 2. The molecule has 4 rings (SSSR count). The molecular formula is C23H36N4O2. The van der Waals surface area contributed by atoms with Crippen LogP contribution in [0.4, 0.5) is 0 Å². The van der Waals surface area contributed by atoms with E-state index in [-0.39, 0.29) is 11.8 Å². The summed E-state index contributed by atoms with van der Waals surface area (Å²) in [5.74, 6) is 0.390. The number of aromatic nitrogens is 1. The largest absolute Gasteiger partial charge is 0.346 e. The lowest BCUT2D eigenvalue weighted by Crippen LogP contribution is -2.48. The zero-order valence-corrected chi connectivity index (χ0v) is 17.9. The van der Waals surface area contributed by atoms with Gasteiger partial charge in [-0.05, 0) is 69.7 Å². The number of carbonyl (C=O) groups excluding carboxylic acids is 2. The van der Waals surface area contributed by atoms with Gasteiger partial charge < -0.3 is 19.3 Å². The Morgan fingerprint density at radius 1 is 0.897 bits per heavy atom. The van der Waals surface area contributed by atoms with E-state index in [1.165, 1.54) is 32.4 Å². The molecule has 1 aromatic heterocycles. The van der Waals surface area contributed by atoms with Gasteiger partial charge in [0.25, 0.3) is 5.91 Å². The summed E-state index contributed by atoms with van der Waals surface area (Å²) in [6.45, 7) is 5.99. The van der Waals surface area contributed by atoms with E-state index >= 15 is 0 Å². The van der Waals surface area contributed by atoms with Crippen LogP contribution in [0.15, 0.2) is 12.3 Å². The lowest BCUT2D eigenvalue weighted by Gasteiger charge is -2.40. The summed E-state index contributed by atoms with van der Waals surface area (Å²) in [5, 5.41) is 0. The minimum atomic E-state index is 0.140. The third-order valence-electron chi connectivity index (χ3n) is 7.03. The highest BCUT2D eigenvalue weighted by molar-refractivity contribution is 5.93. The molecule has 0 spiro atoms. The second-order valence-electron chi connectivity index (χ2n) is 9.05. The number of piperidine rings is 2. The van der Waals surface area contributed by atoms with E-state index in [0.717, 1.165) is 63.1 Å². The molecule has 0 unspecified atom stereocenters. The lowest BCUT2D eigenvalue weighted by atomic mass is 9.99. The molecule has 3 aliphatic heterocycles. The van der Waals surface area contributed by atoms with Crippen molar-refractivity contribution in [1.82, 2.24) is 19.3 Å². The molecule has 0 bridgehead atoms. The molecule has 29 heavy (non-hydrogen) atoms.